The van der Waals surface area contributed by atoms with E-state index in [2.05, 4.69) is 94.1 Å². The molecule has 1 fully saturated rings. The topological polar surface area (TPSA) is 45.2 Å². The Labute approximate surface area is 236 Å². The molecule has 200 valence electrons. The zero-order valence-corrected chi connectivity index (χ0v) is 22.7. The van der Waals surface area contributed by atoms with Crippen molar-refractivity contribution in [3.05, 3.63) is 150 Å². The van der Waals surface area contributed by atoms with Crippen LogP contribution in [0.4, 0.5) is 0 Å². The molecular weight excluding hydrogens is 490 g/mol. The maximum atomic E-state index is 14.4. The summed E-state index contributed by atoms with van der Waals surface area (Å²) in [4.78, 5) is 21.1. The highest BCUT2D eigenvalue weighted by Gasteiger charge is 2.36. The highest BCUT2D eigenvalue weighted by atomic mass is 16.2. The third-order valence-electron chi connectivity index (χ3n) is 8.15. The van der Waals surface area contributed by atoms with Crippen molar-refractivity contribution in [2.75, 3.05) is 6.54 Å². The number of nitrogens with zero attached hydrogens (tertiary/aromatic N) is 2. The van der Waals surface area contributed by atoms with Crippen LogP contribution in [0.1, 0.15) is 41.0 Å². The number of carbonyl (C=O) groups is 1. The number of amides is 1. The Kier molecular flexibility index (Phi) is 7.97. The number of benzene rings is 4. The number of likely N-dealkylation sites (tertiary alicyclic amines) is 1. The standard InChI is InChI=1S/C36H35N3O/c40-36(35(28-14-6-2-7-15-28)29-16-8-3-9-17-29)39-23-21-31(25-32(39)24-27-12-4-1-5-13-27)38-26-30-20-22-37-34-19-11-10-18-33(30)34/h1-20,22,31-32,35,38H,21,23-26H2/t31-,32+/m0/s1. The molecule has 4 aromatic carbocycles. The van der Waals surface area contributed by atoms with Gasteiger partial charge >= 0.3 is 0 Å². The molecule has 0 aliphatic carbocycles. The van der Waals surface area contributed by atoms with Gasteiger partial charge in [0.05, 0.1) is 11.4 Å². The van der Waals surface area contributed by atoms with Crippen LogP contribution in [0.3, 0.4) is 0 Å². The molecule has 5 aromatic rings. The molecule has 1 aromatic heterocycles. The molecule has 2 heterocycles. The van der Waals surface area contributed by atoms with Crippen LogP contribution in [0.25, 0.3) is 10.9 Å². The van der Waals surface area contributed by atoms with Crippen molar-refractivity contribution >= 4 is 16.8 Å². The van der Waals surface area contributed by atoms with Crippen LogP contribution >= 0.6 is 0 Å². The molecular formula is C36H35N3O. The first-order chi connectivity index (χ1) is 19.8. The minimum absolute atomic E-state index is 0.116. The predicted molar refractivity (Wildman–Crippen MR) is 162 cm³/mol. The molecule has 6 rings (SSSR count). The van der Waals surface area contributed by atoms with Crippen molar-refractivity contribution in [1.82, 2.24) is 15.2 Å². The summed E-state index contributed by atoms with van der Waals surface area (Å²) in [6.45, 7) is 1.53. The number of fused-ring (bicyclic) bond motifs is 1. The molecule has 0 bridgehead atoms. The Bertz CT molecular complexity index is 1490. The van der Waals surface area contributed by atoms with E-state index in [1.807, 2.05) is 48.7 Å². The van der Waals surface area contributed by atoms with Crippen LogP contribution in [-0.2, 0) is 17.8 Å². The van der Waals surface area contributed by atoms with E-state index in [1.54, 1.807) is 0 Å². The van der Waals surface area contributed by atoms with Crippen LogP contribution in [0.15, 0.2) is 128 Å². The van der Waals surface area contributed by atoms with Gasteiger partial charge in [0.1, 0.15) is 0 Å². The van der Waals surface area contributed by atoms with E-state index >= 15 is 0 Å². The second-order valence-corrected chi connectivity index (χ2v) is 10.7. The molecule has 4 heteroatoms. The molecule has 2 atom stereocenters. The largest absolute Gasteiger partial charge is 0.338 e. The van der Waals surface area contributed by atoms with E-state index in [0.717, 1.165) is 49.0 Å². The lowest BCUT2D eigenvalue weighted by Crippen LogP contribution is -2.53. The molecule has 1 N–H and O–H groups in total. The van der Waals surface area contributed by atoms with Gasteiger partial charge < -0.3 is 10.2 Å². The molecule has 0 saturated carbocycles. The lowest BCUT2D eigenvalue weighted by molar-refractivity contribution is -0.135. The van der Waals surface area contributed by atoms with Gasteiger partial charge in [-0.15, -0.1) is 0 Å². The zero-order chi connectivity index (χ0) is 27.1. The molecule has 0 radical (unpaired) electrons. The minimum atomic E-state index is -0.312. The van der Waals surface area contributed by atoms with Crippen LogP contribution in [0.2, 0.25) is 0 Å². The van der Waals surface area contributed by atoms with Crippen LogP contribution in [0, 0.1) is 0 Å². The van der Waals surface area contributed by atoms with Gasteiger partial charge in [0.25, 0.3) is 0 Å². The molecule has 0 unspecified atom stereocenters. The highest BCUT2D eigenvalue weighted by Crippen LogP contribution is 2.31. The molecule has 1 aliphatic rings. The smallest absolute Gasteiger partial charge is 0.234 e. The Morgan fingerprint density at radius 2 is 1.43 bits per heavy atom. The average molecular weight is 526 g/mol. The van der Waals surface area contributed by atoms with Crippen molar-refractivity contribution in [3.8, 4) is 0 Å². The number of pyridine rings is 1. The van der Waals surface area contributed by atoms with E-state index in [9.17, 15) is 4.79 Å². The second kappa shape index (κ2) is 12.3. The number of piperidine rings is 1. The van der Waals surface area contributed by atoms with Gasteiger partial charge in [-0.2, -0.15) is 0 Å². The molecule has 1 saturated heterocycles. The average Bonchev–Trinajstić information content (AvgIpc) is 3.02. The highest BCUT2D eigenvalue weighted by molar-refractivity contribution is 5.87. The molecule has 40 heavy (non-hydrogen) atoms. The van der Waals surface area contributed by atoms with Crippen molar-refractivity contribution in [3.63, 3.8) is 0 Å². The molecule has 1 aliphatic heterocycles. The third-order valence-corrected chi connectivity index (χ3v) is 8.15. The Morgan fingerprint density at radius 3 is 2.12 bits per heavy atom. The maximum Gasteiger partial charge on any atom is 0.234 e. The second-order valence-electron chi connectivity index (χ2n) is 10.7. The summed E-state index contributed by atoms with van der Waals surface area (Å²) in [5.74, 6) is -0.120. The summed E-state index contributed by atoms with van der Waals surface area (Å²) in [6.07, 6.45) is 4.58. The lowest BCUT2D eigenvalue weighted by atomic mass is 9.86. The molecule has 1 amide bonds. The Morgan fingerprint density at radius 1 is 0.800 bits per heavy atom. The fourth-order valence-electron chi connectivity index (χ4n) is 6.10. The van der Waals surface area contributed by atoms with Gasteiger partial charge in [-0.3, -0.25) is 9.78 Å². The predicted octanol–water partition coefficient (Wildman–Crippen LogP) is 6.76. The van der Waals surface area contributed by atoms with Gasteiger partial charge in [0, 0.05) is 36.8 Å². The Balaban J connectivity index is 1.25. The summed E-state index contributed by atoms with van der Waals surface area (Å²) in [6, 6.07) is 41.9. The van der Waals surface area contributed by atoms with E-state index in [1.165, 1.54) is 16.5 Å². The first-order valence-electron chi connectivity index (χ1n) is 14.3. The van der Waals surface area contributed by atoms with Crippen molar-refractivity contribution in [2.45, 2.75) is 43.8 Å². The number of para-hydroxylation sites is 1. The zero-order valence-electron chi connectivity index (χ0n) is 22.7. The minimum Gasteiger partial charge on any atom is -0.338 e. The van der Waals surface area contributed by atoms with Crippen LogP contribution < -0.4 is 5.32 Å². The van der Waals surface area contributed by atoms with Gasteiger partial charge in [-0.25, -0.2) is 0 Å². The molecule has 4 nitrogen and oxygen atoms in total. The van der Waals surface area contributed by atoms with E-state index in [4.69, 9.17) is 0 Å². The summed E-state index contributed by atoms with van der Waals surface area (Å²) in [5, 5.41) is 5.03. The summed E-state index contributed by atoms with van der Waals surface area (Å²) in [7, 11) is 0. The van der Waals surface area contributed by atoms with E-state index < -0.39 is 0 Å². The maximum absolute atomic E-state index is 14.4. The van der Waals surface area contributed by atoms with Crippen molar-refractivity contribution in [1.29, 1.82) is 0 Å². The van der Waals surface area contributed by atoms with E-state index in [-0.39, 0.29) is 17.9 Å². The monoisotopic (exact) mass is 525 g/mol. The fourth-order valence-corrected chi connectivity index (χ4v) is 6.10. The quantitative estimate of drug-likeness (QED) is 0.243. The van der Waals surface area contributed by atoms with Crippen LogP contribution in [0.5, 0.6) is 0 Å². The normalized spacial score (nSPS) is 17.3. The van der Waals surface area contributed by atoms with Gasteiger partial charge in [0.2, 0.25) is 5.91 Å². The van der Waals surface area contributed by atoms with Gasteiger partial charge in [0.15, 0.2) is 0 Å². The summed E-state index contributed by atoms with van der Waals surface area (Å²) in [5.41, 5.74) is 5.64. The molecule has 0 spiro atoms. The van der Waals surface area contributed by atoms with Gasteiger partial charge in [-0.1, -0.05) is 109 Å². The lowest BCUT2D eigenvalue weighted by Gasteiger charge is -2.42. The fraction of sp³-hybridized carbons (Fsp3) is 0.222. The summed E-state index contributed by atoms with van der Waals surface area (Å²) < 4.78 is 0. The van der Waals surface area contributed by atoms with Crippen molar-refractivity contribution in [2.24, 2.45) is 0 Å². The number of hydrogen-bond donors (Lipinski definition) is 1. The van der Waals surface area contributed by atoms with E-state index in [0.29, 0.717) is 6.04 Å². The number of carbonyl (C=O) groups excluding carboxylic acids is 1. The first kappa shape index (κ1) is 26.0. The van der Waals surface area contributed by atoms with Crippen molar-refractivity contribution < 1.29 is 4.79 Å². The number of aromatic nitrogens is 1. The van der Waals surface area contributed by atoms with Gasteiger partial charge in [-0.05, 0) is 53.6 Å². The SMILES string of the molecule is O=C(C(c1ccccc1)c1ccccc1)N1CC[C@H](NCc2ccnc3ccccc23)C[C@H]1Cc1ccccc1. The number of rotatable bonds is 8. The first-order valence-corrected chi connectivity index (χ1v) is 14.3. The number of hydrogen-bond acceptors (Lipinski definition) is 3. The third kappa shape index (κ3) is 5.83. The number of nitrogens with one attached hydrogen (secondary N) is 1. The van der Waals surface area contributed by atoms with Crippen LogP contribution in [-0.4, -0.2) is 34.4 Å². The summed E-state index contributed by atoms with van der Waals surface area (Å²) >= 11 is 0. The Hall–Kier alpha value is -4.28.